The van der Waals surface area contributed by atoms with Crippen LogP contribution in [0.1, 0.15) is 32.8 Å². The molecule has 104 valence electrons. The lowest BCUT2D eigenvalue weighted by Crippen LogP contribution is -2.25. The molecule has 0 amide bonds. The largest absolute Gasteiger partial charge is 0.497 e. The lowest BCUT2D eigenvalue weighted by Gasteiger charge is -2.23. The molecule has 0 aliphatic carbocycles. The Kier molecular flexibility index (Phi) is 5.20. The second-order valence-electron chi connectivity index (χ2n) is 5.82. The minimum atomic E-state index is -0.447. The number of hydrogen-bond donors (Lipinski definition) is 2. The molecule has 1 atom stereocenters. The second kappa shape index (κ2) is 6.44. The van der Waals surface area contributed by atoms with E-state index in [9.17, 15) is 5.11 Å². The van der Waals surface area contributed by atoms with Gasteiger partial charge < -0.3 is 15.2 Å². The standard InChI is InChI=1S/C15H22N2O2/c1-15(2,3)8-12(18)10-17-14-7-13(19-4)6-5-11(14)9-16/h5-7,12,17-18H,8,10H2,1-4H3. The summed E-state index contributed by atoms with van der Waals surface area (Å²) in [7, 11) is 1.58. The Morgan fingerprint density at radius 3 is 2.63 bits per heavy atom. The quantitative estimate of drug-likeness (QED) is 0.856. The highest BCUT2D eigenvalue weighted by molar-refractivity contribution is 5.60. The first-order valence-corrected chi connectivity index (χ1v) is 6.36. The molecule has 1 unspecified atom stereocenters. The molecule has 1 rings (SSSR count). The summed E-state index contributed by atoms with van der Waals surface area (Å²) in [4.78, 5) is 0. The molecule has 4 nitrogen and oxygen atoms in total. The number of nitrogens with one attached hydrogen (secondary N) is 1. The maximum absolute atomic E-state index is 9.96. The minimum absolute atomic E-state index is 0.0769. The van der Waals surface area contributed by atoms with Crippen molar-refractivity contribution in [3.8, 4) is 11.8 Å². The van der Waals surface area contributed by atoms with Crippen LogP contribution in [-0.2, 0) is 0 Å². The lowest BCUT2D eigenvalue weighted by molar-refractivity contribution is 0.132. The first-order valence-electron chi connectivity index (χ1n) is 6.36. The molecule has 19 heavy (non-hydrogen) atoms. The van der Waals surface area contributed by atoms with E-state index in [0.29, 0.717) is 30.0 Å². The molecule has 4 heteroatoms. The summed E-state index contributed by atoms with van der Waals surface area (Å²) in [6, 6.07) is 7.34. The summed E-state index contributed by atoms with van der Waals surface area (Å²) in [5, 5.41) is 22.1. The predicted octanol–water partition coefficient (Wildman–Crippen LogP) is 2.78. The molecule has 0 aliphatic rings. The van der Waals surface area contributed by atoms with E-state index >= 15 is 0 Å². The number of aliphatic hydroxyl groups is 1. The van der Waals surface area contributed by atoms with Crippen molar-refractivity contribution in [2.24, 2.45) is 5.41 Å². The molecule has 0 saturated heterocycles. The highest BCUT2D eigenvalue weighted by atomic mass is 16.5. The van der Waals surface area contributed by atoms with Gasteiger partial charge in [-0.25, -0.2) is 0 Å². The van der Waals surface area contributed by atoms with Crippen molar-refractivity contribution in [1.29, 1.82) is 5.26 Å². The first kappa shape index (κ1) is 15.3. The fourth-order valence-corrected chi connectivity index (χ4v) is 1.90. The predicted molar refractivity (Wildman–Crippen MR) is 76.3 cm³/mol. The number of nitriles is 1. The minimum Gasteiger partial charge on any atom is -0.497 e. The molecule has 1 aromatic carbocycles. The number of ether oxygens (including phenoxy) is 1. The lowest BCUT2D eigenvalue weighted by atomic mass is 9.89. The highest BCUT2D eigenvalue weighted by Crippen LogP contribution is 2.24. The summed E-state index contributed by atoms with van der Waals surface area (Å²) < 4.78 is 5.13. The Bertz CT molecular complexity index is 458. The summed E-state index contributed by atoms with van der Waals surface area (Å²) in [5.41, 5.74) is 1.31. The normalized spacial score (nSPS) is 12.6. The van der Waals surface area contributed by atoms with Crippen molar-refractivity contribution in [3.05, 3.63) is 23.8 Å². The van der Waals surface area contributed by atoms with Crippen LogP contribution in [0, 0.1) is 16.7 Å². The Morgan fingerprint density at radius 2 is 2.11 bits per heavy atom. The van der Waals surface area contributed by atoms with Crippen LogP contribution in [0.3, 0.4) is 0 Å². The van der Waals surface area contributed by atoms with Crippen molar-refractivity contribution >= 4 is 5.69 Å². The first-order chi connectivity index (χ1) is 8.85. The highest BCUT2D eigenvalue weighted by Gasteiger charge is 2.16. The van der Waals surface area contributed by atoms with Crippen molar-refractivity contribution < 1.29 is 9.84 Å². The maximum atomic E-state index is 9.96. The molecule has 0 heterocycles. The zero-order chi connectivity index (χ0) is 14.5. The Balaban J connectivity index is 2.69. The molecule has 1 aromatic rings. The molecule has 0 aliphatic heterocycles. The van der Waals surface area contributed by atoms with Crippen LogP contribution in [0.25, 0.3) is 0 Å². The third kappa shape index (κ3) is 5.19. The smallest absolute Gasteiger partial charge is 0.121 e. The molecular weight excluding hydrogens is 240 g/mol. The molecular formula is C15H22N2O2. The van der Waals surface area contributed by atoms with Gasteiger partial charge in [-0.15, -0.1) is 0 Å². The number of rotatable bonds is 5. The SMILES string of the molecule is COc1ccc(C#N)c(NCC(O)CC(C)(C)C)c1. The van der Waals surface area contributed by atoms with Crippen LogP contribution >= 0.6 is 0 Å². The average Bonchev–Trinajstić information content (AvgIpc) is 2.33. The van der Waals surface area contributed by atoms with Gasteiger partial charge in [0.1, 0.15) is 11.8 Å². The number of benzene rings is 1. The van der Waals surface area contributed by atoms with Gasteiger partial charge in [-0.3, -0.25) is 0 Å². The van der Waals surface area contributed by atoms with E-state index in [1.54, 1.807) is 25.3 Å². The average molecular weight is 262 g/mol. The van der Waals surface area contributed by atoms with E-state index in [4.69, 9.17) is 10.00 Å². The zero-order valence-corrected chi connectivity index (χ0v) is 12.0. The molecule has 0 fully saturated rings. The molecule has 0 radical (unpaired) electrons. The van der Waals surface area contributed by atoms with Crippen LogP contribution in [0.5, 0.6) is 5.75 Å². The van der Waals surface area contributed by atoms with Gasteiger partial charge in [-0.1, -0.05) is 20.8 Å². The van der Waals surface area contributed by atoms with E-state index in [-0.39, 0.29) is 5.41 Å². The van der Waals surface area contributed by atoms with Crippen LogP contribution in [0.2, 0.25) is 0 Å². The number of methoxy groups -OCH3 is 1. The summed E-state index contributed by atoms with van der Waals surface area (Å²) >= 11 is 0. The van der Waals surface area contributed by atoms with Gasteiger partial charge in [0.15, 0.2) is 0 Å². The third-order valence-electron chi connectivity index (χ3n) is 2.72. The Morgan fingerprint density at radius 1 is 1.42 bits per heavy atom. The van der Waals surface area contributed by atoms with E-state index in [0.717, 1.165) is 0 Å². The summed E-state index contributed by atoms with van der Waals surface area (Å²) in [5.74, 6) is 0.687. The third-order valence-corrected chi connectivity index (χ3v) is 2.72. The van der Waals surface area contributed by atoms with Gasteiger partial charge >= 0.3 is 0 Å². The van der Waals surface area contributed by atoms with Crippen molar-refractivity contribution in [3.63, 3.8) is 0 Å². The van der Waals surface area contributed by atoms with Crippen molar-refractivity contribution in [2.75, 3.05) is 19.0 Å². The number of nitrogens with zero attached hydrogens (tertiary/aromatic N) is 1. The Hall–Kier alpha value is -1.73. The van der Waals surface area contributed by atoms with Gasteiger partial charge in [0.05, 0.1) is 24.5 Å². The zero-order valence-electron chi connectivity index (χ0n) is 12.0. The monoisotopic (exact) mass is 262 g/mol. The number of aliphatic hydroxyl groups excluding tert-OH is 1. The van der Waals surface area contributed by atoms with Gasteiger partial charge in [0, 0.05) is 12.6 Å². The summed E-state index contributed by atoms with van der Waals surface area (Å²) in [6.07, 6.45) is 0.254. The van der Waals surface area contributed by atoms with Gasteiger partial charge in [0.2, 0.25) is 0 Å². The summed E-state index contributed by atoms with van der Waals surface area (Å²) in [6.45, 7) is 6.67. The van der Waals surface area contributed by atoms with Gasteiger partial charge in [-0.2, -0.15) is 5.26 Å². The fourth-order valence-electron chi connectivity index (χ4n) is 1.90. The van der Waals surface area contributed by atoms with E-state index in [2.05, 4.69) is 32.2 Å². The number of anilines is 1. The fraction of sp³-hybridized carbons (Fsp3) is 0.533. The van der Waals surface area contributed by atoms with E-state index in [1.807, 2.05) is 0 Å². The van der Waals surface area contributed by atoms with Crippen LogP contribution in [0.4, 0.5) is 5.69 Å². The van der Waals surface area contributed by atoms with Gasteiger partial charge in [-0.05, 0) is 24.0 Å². The van der Waals surface area contributed by atoms with E-state index < -0.39 is 6.10 Å². The van der Waals surface area contributed by atoms with Crippen molar-refractivity contribution in [2.45, 2.75) is 33.3 Å². The molecule has 0 spiro atoms. The van der Waals surface area contributed by atoms with Gasteiger partial charge in [0.25, 0.3) is 0 Å². The molecule has 0 saturated carbocycles. The van der Waals surface area contributed by atoms with Crippen LogP contribution < -0.4 is 10.1 Å². The molecule has 2 N–H and O–H groups in total. The number of hydrogen-bond acceptors (Lipinski definition) is 4. The van der Waals surface area contributed by atoms with E-state index in [1.165, 1.54) is 0 Å². The topological polar surface area (TPSA) is 65.3 Å². The Labute approximate surface area is 115 Å². The maximum Gasteiger partial charge on any atom is 0.121 e. The van der Waals surface area contributed by atoms with Crippen LogP contribution in [0.15, 0.2) is 18.2 Å². The van der Waals surface area contributed by atoms with Crippen molar-refractivity contribution in [1.82, 2.24) is 0 Å². The molecule has 0 aromatic heterocycles. The molecule has 0 bridgehead atoms. The second-order valence-corrected chi connectivity index (χ2v) is 5.82. The van der Waals surface area contributed by atoms with Crippen LogP contribution in [-0.4, -0.2) is 24.9 Å².